The van der Waals surface area contributed by atoms with Crippen LogP contribution in [0.3, 0.4) is 0 Å². The summed E-state index contributed by atoms with van der Waals surface area (Å²) in [6.45, 7) is 0. The van der Waals surface area contributed by atoms with Crippen molar-refractivity contribution in [1.29, 1.82) is 0 Å². The zero-order chi connectivity index (χ0) is 21.1. The van der Waals surface area contributed by atoms with Crippen molar-refractivity contribution in [2.24, 2.45) is 0 Å². The summed E-state index contributed by atoms with van der Waals surface area (Å²) in [7, 11) is 0. The molecule has 4 rings (SSSR count). The van der Waals surface area contributed by atoms with E-state index in [0.29, 0.717) is 9.16 Å². The van der Waals surface area contributed by atoms with Crippen molar-refractivity contribution in [2.75, 3.05) is 0 Å². The Labute approximate surface area is 218 Å². The molecule has 0 fully saturated rings. The van der Waals surface area contributed by atoms with Gasteiger partial charge in [0, 0.05) is 42.5 Å². The molecular formula is C23H24S8. The van der Waals surface area contributed by atoms with Crippen molar-refractivity contribution in [2.45, 2.75) is 38.6 Å². The van der Waals surface area contributed by atoms with Crippen LogP contribution in [0, 0.1) is 0 Å². The Morgan fingerprint density at radius 2 is 0.774 bits per heavy atom. The van der Waals surface area contributed by atoms with Crippen molar-refractivity contribution >= 4 is 92.4 Å². The minimum absolute atomic E-state index is 0.612. The van der Waals surface area contributed by atoms with Crippen LogP contribution < -0.4 is 0 Å². The van der Waals surface area contributed by atoms with Gasteiger partial charge in [-0.1, -0.05) is 24.3 Å². The van der Waals surface area contributed by atoms with Crippen LogP contribution in [0.1, 0.15) is 25.9 Å². The zero-order valence-electron chi connectivity index (χ0n) is 16.9. The predicted molar refractivity (Wildman–Crippen MR) is 155 cm³/mol. The average Bonchev–Trinajstić information content (AvgIpc) is 3.59. The first-order valence-electron chi connectivity index (χ1n) is 9.91. The van der Waals surface area contributed by atoms with E-state index >= 15 is 0 Å². The minimum atomic E-state index is 0.612. The molecule has 4 aromatic rings. The number of thioether (sulfide) groups is 4. The standard InChI is InChI=1S/C23H24S8/c1-5-18(24-9-1)14-28-22(29-15-19-6-2-10-25-19)13-23(30-16-20-7-3-11-26-20)31-17-21-8-4-12-27-21/h1-12,22-23H,13-17H2. The number of hydrogen-bond donors (Lipinski definition) is 0. The van der Waals surface area contributed by atoms with E-state index in [9.17, 15) is 0 Å². The van der Waals surface area contributed by atoms with E-state index in [2.05, 4.69) is 117 Å². The Morgan fingerprint density at radius 3 is 1.00 bits per heavy atom. The molecule has 0 aliphatic heterocycles. The first-order valence-corrected chi connectivity index (χ1v) is 17.6. The lowest BCUT2D eigenvalue weighted by Crippen LogP contribution is -2.09. The molecule has 0 unspecified atom stereocenters. The molecule has 0 nitrogen and oxygen atoms in total. The van der Waals surface area contributed by atoms with E-state index in [1.165, 1.54) is 25.9 Å². The fourth-order valence-electron chi connectivity index (χ4n) is 2.80. The molecule has 4 heterocycles. The molecule has 0 saturated heterocycles. The number of thiophene rings is 4. The van der Waals surface area contributed by atoms with E-state index in [-0.39, 0.29) is 0 Å². The van der Waals surface area contributed by atoms with Crippen LogP contribution in [0.5, 0.6) is 0 Å². The van der Waals surface area contributed by atoms with Crippen LogP contribution in [0.25, 0.3) is 0 Å². The lowest BCUT2D eigenvalue weighted by Gasteiger charge is -2.22. The van der Waals surface area contributed by atoms with Crippen LogP contribution in [0.4, 0.5) is 0 Å². The maximum Gasteiger partial charge on any atom is 0.0528 e. The third-order valence-electron chi connectivity index (χ3n) is 4.35. The van der Waals surface area contributed by atoms with Gasteiger partial charge in [0.15, 0.2) is 0 Å². The van der Waals surface area contributed by atoms with Crippen LogP contribution in [0.2, 0.25) is 0 Å². The van der Waals surface area contributed by atoms with E-state index in [4.69, 9.17) is 0 Å². The average molecular weight is 557 g/mol. The van der Waals surface area contributed by atoms with Gasteiger partial charge in [-0.05, 0) is 52.2 Å². The van der Waals surface area contributed by atoms with E-state index in [0.717, 1.165) is 23.0 Å². The second-order valence-electron chi connectivity index (χ2n) is 6.66. The third-order valence-corrected chi connectivity index (χ3v) is 14.4. The molecule has 0 spiro atoms. The third kappa shape index (κ3) is 8.81. The summed E-state index contributed by atoms with van der Waals surface area (Å²) in [5.41, 5.74) is 0. The molecule has 0 aromatic carbocycles. The quantitative estimate of drug-likeness (QED) is 0.142. The lowest BCUT2D eigenvalue weighted by atomic mass is 10.5. The maximum atomic E-state index is 2.27. The highest BCUT2D eigenvalue weighted by Gasteiger charge is 2.20. The molecule has 0 saturated carbocycles. The number of rotatable bonds is 14. The number of hydrogen-bond acceptors (Lipinski definition) is 8. The second-order valence-corrected chi connectivity index (χ2v) is 16.1. The Hall–Kier alpha value is 0.200. The maximum absolute atomic E-state index is 2.27. The van der Waals surface area contributed by atoms with Gasteiger partial charge >= 0.3 is 0 Å². The van der Waals surface area contributed by atoms with Gasteiger partial charge in [0.2, 0.25) is 0 Å². The van der Waals surface area contributed by atoms with Gasteiger partial charge in [0.25, 0.3) is 0 Å². The van der Waals surface area contributed by atoms with Crippen molar-refractivity contribution in [3.63, 3.8) is 0 Å². The highest BCUT2D eigenvalue weighted by atomic mass is 32.2. The Kier molecular flexibility index (Phi) is 10.8. The van der Waals surface area contributed by atoms with Gasteiger partial charge in [-0.2, -0.15) is 0 Å². The second kappa shape index (κ2) is 13.8. The van der Waals surface area contributed by atoms with Crippen LogP contribution in [-0.2, 0) is 23.0 Å². The van der Waals surface area contributed by atoms with Gasteiger partial charge in [-0.25, -0.2) is 0 Å². The summed E-state index contributed by atoms with van der Waals surface area (Å²) < 4.78 is 1.22. The van der Waals surface area contributed by atoms with E-state index in [1.807, 2.05) is 45.3 Å². The molecule has 8 heteroatoms. The predicted octanol–water partition coefficient (Wildman–Crippen LogP) is 10.0. The summed E-state index contributed by atoms with van der Waals surface area (Å²) in [6, 6.07) is 17.8. The smallest absolute Gasteiger partial charge is 0.0528 e. The molecule has 31 heavy (non-hydrogen) atoms. The molecule has 164 valence electrons. The van der Waals surface area contributed by atoms with Crippen LogP contribution in [0.15, 0.2) is 70.1 Å². The molecule has 0 aliphatic carbocycles. The minimum Gasteiger partial charge on any atom is -0.148 e. The lowest BCUT2D eigenvalue weighted by molar-refractivity contribution is 1.02. The monoisotopic (exact) mass is 556 g/mol. The molecule has 0 radical (unpaired) electrons. The molecule has 0 atom stereocenters. The largest absolute Gasteiger partial charge is 0.148 e. The van der Waals surface area contributed by atoms with Crippen molar-refractivity contribution < 1.29 is 0 Å². The molecule has 0 aliphatic rings. The summed E-state index contributed by atoms with van der Waals surface area (Å²) in [5.74, 6) is 4.49. The zero-order valence-corrected chi connectivity index (χ0v) is 23.4. The first-order chi connectivity index (χ1) is 15.3. The SMILES string of the molecule is c1csc(CSC(CC(SCc2cccs2)SCc2cccs2)SCc2cccs2)c1. The van der Waals surface area contributed by atoms with E-state index < -0.39 is 0 Å². The molecule has 4 aromatic heterocycles. The van der Waals surface area contributed by atoms with Crippen molar-refractivity contribution in [3.8, 4) is 0 Å². The van der Waals surface area contributed by atoms with Crippen LogP contribution >= 0.6 is 92.4 Å². The van der Waals surface area contributed by atoms with Gasteiger partial charge in [0.1, 0.15) is 0 Å². The molecule has 0 N–H and O–H groups in total. The van der Waals surface area contributed by atoms with Crippen molar-refractivity contribution in [1.82, 2.24) is 0 Å². The highest BCUT2D eigenvalue weighted by Crippen LogP contribution is 2.41. The summed E-state index contributed by atoms with van der Waals surface area (Å²) in [6.07, 6.45) is 1.23. The van der Waals surface area contributed by atoms with Gasteiger partial charge in [0.05, 0.1) is 9.16 Å². The Balaban J connectivity index is 1.37. The molecular weight excluding hydrogens is 533 g/mol. The van der Waals surface area contributed by atoms with E-state index in [1.54, 1.807) is 0 Å². The Bertz CT molecular complexity index is 771. The van der Waals surface area contributed by atoms with Crippen molar-refractivity contribution in [3.05, 3.63) is 89.6 Å². The summed E-state index contributed by atoms with van der Waals surface area (Å²) in [5, 5.41) is 8.78. The summed E-state index contributed by atoms with van der Waals surface area (Å²) in [4.78, 5) is 5.95. The van der Waals surface area contributed by atoms with Crippen LogP contribution in [-0.4, -0.2) is 9.16 Å². The fourth-order valence-corrected chi connectivity index (χ4v) is 11.8. The van der Waals surface area contributed by atoms with Gasteiger partial charge in [-0.15, -0.1) is 92.4 Å². The topological polar surface area (TPSA) is 0 Å². The highest BCUT2D eigenvalue weighted by molar-refractivity contribution is 8.17. The first kappa shape index (κ1) is 24.3. The normalized spacial score (nSPS) is 11.7. The Morgan fingerprint density at radius 1 is 0.484 bits per heavy atom. The molecule has 0 bridgehead atoms. The summed E-state index contributed by atoms with van der Waals surface area (Å²) >= 11 is 16.1. The van der Waals surface area contributed by atoms with Gasteiger partial charge in [-0.3, -0.25) is 0 Å². The fraction of sp³-hybridized carbons (Fsp3) is 0.304. The van der Waals surface area contributed by atoms with Gasteiger partial charge < -0.3 is 0 Å². The molecule has 0 amide bonds.